The van der Waals surface area contributed by atoms with Crippen molar-refractivity contribution in [1.29, 1.82) is 0 Å². The summed E-state index contributed by atoms with van der Waals surface area (Å²) in [5, 5.41) is 0. The van der Waals surface area contributed by atoms with E-state index in [4.69, 9.17) is 4.98 Å². The maximum atomic E-state index is 5.41. The molecule has 0 radical (unpaired) electrons. The van der Waals surface area contributed by atoms with Gasteiger partial charge in [-0.2, -0.15) is 0 Å². The third-order valence-corrected chi connectivity index (χ3v) is 9.72. The van der Waals surface area contributed by atoms with Crippen LogP contribution in [-0.2, 0) is 10.8 Å². The van der Waals surface area contributed by atoms with Gasteiger partial charge in [0.25, 0.3) is 0 Å². The van der Waals surface area contributed by atoms with Crippen LogP contribution >= 0.6 is 0 Å². The molecule has 4 aromatic rings. The number of aromatic nitrogens is 2. The molecule has 0 atom stereocenters. The summed E-state index contributed by atoms with van der Waals surface area (Å²) in [6.45, 7) is 31.6. The smallest absolute Gasteiger partial charge is 0.138 e. The summed E-state index contributed by atoms with van der Waals surface area (Å²) >= 11 is 0. The maximum absolute atomic E-state index is 5.41. The lowest BCUT2D eigenvalue weighted by atomic mass is 9.71. The van der Waals surface area contributed by atoms with Crippen LogP contribution in [0.25, 0.3) is 33.9 Å². The standard InChI is InChI=1S/C42H60N4/c1-13-29(14-2)37-35(41(7,8)9)27-32(28-36(37)42(10,11)12)40-43-38(30-19-23-33(24-20-30)45(15-3)16-4)39(44-40)31-21-25-34(26-22-31)46(17-5)18-6/h19-29H,13-18H2,1-12H3,(H,43,44). The minimum atomic E-state index is 0.00665. The number of imidazole rings is 1. The summed E-state index contributed by atoms with van der Waals surface area (Å²) in [6, 6.07) is 22.8. The zero-order valence-electron chi connectivity index (χ0n) is 30.9. The van der Waals surface area contributed by atoms with Crippen molar-refractivity contribution in [3.05, 3.63) is 77.4 Å². The van der Waals surface area contributed by atoms with E-state index < -0.39 is 0 Å². The van der Waals surface area contributed by atoms with Crippen LogP contribution in [-0.4, -0.2) is 36.1 Å². The Labute approximate surface area is 280 Å². The molecule has 0 aliphatic rings. The topological polar surface area (TPSA) is 35.2 Å². The van der Waals surface area contributed by atoms with Gasteiger partial charge >= 0.3 is 0 Å². The lowest BCUT2D eigenvalue weighted by Crippen LogP contribution is -2.23. The molecule has 46 heavy (non-hydrogen) atoms. The highest BCUT2D eigenvalue weighted by Crippen LogP contribution is 2.44. The Balaban J connectivity index is 1.97. The van der Waals surface area contributed by atoms with Gasteiger partial charge in [-0.15, -0.1) is 0 Å². The Morgan fingerprint density at radius 2 is 1.00 bits per heavy atom. The summed E-state index contributed by atoms with van der Waals surface area (Å²) in [4.78, 5) is 14.0. The van der Waals surface area contributed by atoms with Crippen molar-refractivity contribution in [2.45, 2.75) is 113 Å². The highest BCUT2D eigenvalue weighted by molar-refractivity contribution is 5.83. The van der Waals surface area contributed by atoms with Crippen molar-refractivity contribution >= 4 is 11.4 Å². The fraction of sp³-hybridized carbons (Fsp3) is 0.500. The van der Waals surface area contributed by atoms with Gasteiger partial charge < -0.3 is 14.8 Å². The Morgan fingerprint density at radius 3 is 1.37 bits per heavy atom. The van der Waals surface area contributed by atoms with Crippen LogP contribution in [0.1, 0.15) is 119 Å². The molecule has 1 N–H and O–H groups in total. The van der Waals surface area contributed by atoms with Gasteiger partial charge in [-0.1, -0.05) is 79.7 Å². The van der Waals surface area contributed by atoms with Crippen molar-refractivity contribution < 1.29 is 0 Å². The Kier molecular flexibility index (Phi) is 11.1. The average Bonchev–Trinajstić information content (AvgIpc) is 3.48. The zero-order valence-corrected chi connectivity index (χ0v) is 30.9. The van der Waals surface area contributed by atoms with E-state index in [1.165, 1.54) is 22.5 Å². The molecule has 4 rings (SSSR count). The second kappa shape index (κ2) is 14.5. The minimum absolute atomic E-state index is 0.00665. The molecule has 0 spiro atoms. The first-order chi connectivity index (χ1) is 21.8. The van der Waals surface area contributed by atoms with E-state index in [0.717, 1.165) is 72.9 Å². The number of nitrogens with one attached hydrogen (secondary N) is 1. The average molecular weight is 621 g/mol. The number of aromatic amines is 1. The van der Waals surface area contributed by atoms with Crippen LogP contribution in [0.4, 0.5) is 11.4 Å². The van der Waals surface area contributed by atoms with E-state index in [2.05, 4.69) is 159 Å². The van der Waals surface area contributed by atoms with E-state index in [1.807, 2.05) is 0 Å². The summed E-state index contributed by atoms with van der Waals surface area (Å²) in [7, 11) is 0. The third kappa shape index (κ3) is 7.37. The first-order valence-corrected chi connectivity index (χ1v) is 17.8. The van der Waals surface area contributed by atoms with Crippen LogP contribution in [0.2, 0.25) is 0 Å². The molecule has 0 saturated carbocycles. The summed E-state index contributed by atoms with van der Waals surface area (Å²) in [6.07, 6.45) is 2.29. The zero-order chi connectivity index (χ0) is 33.8. The monoisotopic (exact) mass is 620 g/mol. The third-order valence-electron chi connectivity index (χ3n) is 9.72. The number of H-pyrrole nitrogens is 1. The van der Waals surface area contributed by atoms with Gasteiger partial charge in [-0.25, -0.2) is 4.98 Å². The summed E-state index contributed by atoms with van der Waals surface area (Å²) in [5.74, 6) is 1.46. The quantitative estimate of drug-likeness (QED) is 0.171. The Morgan fingerprint density at radius 1 is 0.587 bits per heavy atom. The molecule has 0 aliphatic carbocycles. The Bertz CT molecular complexity index is 1440. The Hall–Kier alpha value is -3.53. The number of rotatable bonds is 12. The highest BCUT2D eigenvalue weighted by Gasteiger charge is 2.30. The lowest BCUT2D eigenvalue weighted by molar-refractivity contribution is 0.524. The van der Waals surface area contributed by atoms with E-state index in [9.17, 15) is 0 Å². The molecule has 4 heteroatoms. The predicted molar refractivity (Wildman–Crippen MR) is 203 cm³/mol. The van der Waals surface area contributed by atoms with Crippen LogP contribution in [0.3, 0.4) is 0 Å². The predicted octanol–water partition coefficient (Wildman–Crippen LogP) is 11.6. The van der Waals surface area contributed by atoms with Gasteiger partial charge in [0.05, 0.1) is 11.4 Å². The van der Waals surface area contributed by atoms with Gasteiger partial charge in [0.2, 0.25) is 0 Å². The normalized spacial score (nSPS) is 12.2. The minimum Gasteiger partial charge on any atom is -0.372 e. The van der Waals surface area contributed by atoms with Crippen molar-refractivity contribution in [1.82, 2.24) is 9.97 Å². The molecule has 0 amide bonds. The van der Waals surface area contributed by atoms with Crippen molar-refractivity contribution in [2.24, 2.45) is 0 Å². The lowest BCUT2D eigenvalue weighted by Gasteiger charge is -2.34. The molecule has 0 saturated heterocycles. The van der Waals surface area contributed by atoms with Gasteiger partial charge in [0.1, 0.15) is 5.82 Å². The first-order valence-electron chi connectivity index (χ1n) is 17.8. The van der Waals surface area contributed by atoms with E-state index in [0.29, 0.717) is 5.92 Å². The van der Waals surface area contributed by atoms with Crippen molar-refractivity contribution in [3.8, 4) is 33.9 Å². The summed E-state index contributed by atoms with van der Waals surface area (Å²) in [5.41, 5.74) is 12.4. The first kappa shape index (κ1) is 35.3. The van der Waals surface area contributed by atoms with Gasteiger partial charge in [0, 0.05) is 54.2 Å². The molecule has 3 aromatic carbocycles. The van der Waals surface area contributed by atoms with E-state index in [1.54, 1.807) is 5.56 Å². The SMILES string of the molecule is CCC(CC)c1c(C(C)(C)C)cc(-c2nc(-c3ccc(N(CC)CC)cc3)c(-c3ccc(N(CC)CC)cc3)[nH]2)cc1C(C)(C)C. The fourth-order valence-corrected chi connectivity index (χ4v) is 6.94. The molecule has 1 heterocycles. The molecule has 248 valence electrons. The molecule has 4 nitrogen and oxygen atoms in total. The second-order valence-electron chi connectivity index (χ2n) is 14.7. The molecule has 0 unspecified atom stereocenters. The number of nitrogens with zero attached hydrogens (tertiary/aromatic N) is 3. The van der Waals surface area contributed by atoms with Gasteiger partial charge in [0.15, 0.2) is 0 Å². The van der Waals surface area contributed by atoms with Crippen LogP contribution in [0.15, 0.2) is 60.7 Å². The molecule has 0 bridgehead atoms. The van der Waals surface area contributed by atoms with Crippen LogP contribution in [0, 0.1) is 0 Å². The van der Waals surface area contributed by atoms with Gasteiger partial charge in [-0.3, -0.25) is 0 Å². The number of anilines is 2. The summed E-state index contributed by atoms with van der Waals surface area (Å²) < 4.78 is 0. The molecule has 0 fully saturated rings. The molecular formula is C42H60N4. The number of hydrogen-bond acceptors (Lipinski definition) is 3. The van der Waals surface area contributed by atoms with E-state index >= 15 is 0 Å². The number of hydrogen-bond donors (Lipinski definition) is 1. The largest absolute Gasteiger partial charge is 0.372 e. The second-order valence-corrected chi connectivity index (χ2v) is 14.7. The molecule has 1 aromatic heterocycles. The van der Waals surface area contributed by atoms with Crippen molar-refractivity contribution in [2.75, 3.05) is 36.0 Å². The van der Waals surface area contributed by atoms with Crippen molar-refractivity contribution in [3.63, 3.8) is 0 Å². The number of benzene rings is 3. The highest BCUT2D eigenvalue weighted by atomic mass is 15.1. The van der Waals surface area contributed by atoms with Gasteiger partial charge in [-0.05, 0) is 110 Å². The van der Waals surface area contributed by atoms with E-state index in [-0.39, 0.29) is 10.8 Å². The fourth-order valence-electron chi connectivity index (χ4n) is 6.94. The maximum Gasteiger partial charge on any atom is 0.138 e. The van der Waals surface area contributed by atoms with Crippen LogP contribution < -0.4 is 9.80 Å². The molecular weight excluding hydrogens is 560 g/mol. The molecule has 0 aliphatic heterocycles. The van der Waals surface area contributed by atoms with Crippen LogP contribution in [0.5, 0.6) is 0 Å².